The van der Waals surface area contributed by atoms with Crippen LogP contribution in [0.5, 0.6) is 0 Å². The van der Waals surface area contributed by atoms with Crippen molar-refractivity contribution in [1.82, 2.24) is 0 Å². The maximum absolute atomic E-state index is 13.7. The largest absolute Gasteiger partial charge is 0.465 e. The van der Waals surface area contributed by atoms with Crippen LogP contribution in [0.15, 0.2) is 0 Å². The predicted molar refractivity (Wildman–Crippen MR) is 99.2 cm³/mol. The van der Waals surface area contributed by atoms with Crippen molar-refractivity contribution in [2.75, 3.05) is 0 Å². The van der Waals surface area contributed by atoms with Gasteiger partial charge in [-0.1, -0.05) is 20.3 Å². The van der Waals surface area contributed by atoms with E-state index in [1.807, 2.05) is 6.92 Å². The maximum Gasteiger partial charge on any atom is 0.465 e. The van der Waals surface area contributed by atoms with Gasteiger partial charge in [0.2, 0.25) is 0 Å². The van der Waals surface area contributed by atoms with E-state index in [9.17, 15) is 31.6 Å². The zero-order chi connectivity index (χ0) is 23.2. The third-order valence-corrected chi connectivity index (χ3v) is 7.48. The van der Waals surface area contributed by atoms with Crippen LogP contribution in [-0.4, -0.2) is 53.9 Å². The molecule has 0 aromatic carbocycles. The molecule has 0 aromatic rings. The van der Waals surface area contributed by atoms with E-state index in [0.717, 1.165) is 19.3 Å². The van der Waals surface area contributed by atoms with Gasteiger partial charge in [0.25, 0.3) is 0 Å². The van der Waals surface area contributed by atoms with E-state index in [1.165, 1.54) is 0 Å². The molecule has 1 saturated heterocycles. The summed E-state index contributed by atoms with van der Waals surface area (Å²) >= 11 is 0. The first kappa shape index (κ1) is 23.8. The molecule has 0 amide bonds. The van der Waals surface area contributed by atoms with E-state index < -0.39 is 68.8 Å². The van der Waals surface area contributed by atoms with Gasteiger partial charge < -0.3 is 14.2 Å². The topological polar surface area (TPSA) is 133 Å². The van der Waals surface area contributed by atoms with Gasteiger partial charge in [-0.25, -0.2) is 4.79 Å². The third kappa shape index (κ3) is 4.28. The molecule has 9 nitrogen and oxygen atoms in total. The highest BCUT2D eigenvalue weighted by molar-refractivity contribution is 7.87. The van der Waals surface area contributed by atoms with Gasteiger partial charge in [-0.3, -0.25) is 14.1 Å². The second-order valence-corrected chi connectivity index (χ2v) is 10.1. The number of alkyl halides is 2. The number of rotatable bonds is 6. The Morgan fingerprint density at radius 1 is 1.26 bits per heavy atom. The Hall–Kier alpha value is -1.82. The number of halogens is 2. The fourth-order valence-electron chi connectivity index (χ4n) is 4.88. The first-order chi connectivity index (χ1) is 14.3. The fraction of sp³-hybridized carbons (Fsp3) is 0.842. The molecular weight excluding hydrogens is 442 g/mol. The van der Waals surface area contributed by atoms with Crippen molar-refractivity contribution in [2.24, 2.45) is 17.8 Å². The molecule has 1 N–H and O–H groups in total. The molecule has 5 unspecified atom stereocenters. The molecule has 0 radical (unpaired) electrons. The Labute approximate surface area is 178 Å². The van der Waals surface area contributed by atoms with Crippen LogP contribution in [0.25, 0.3) is 0 Å². The zero-order valence-corrected chi connectivity index (χ0v) is 18.0. The molecule has 3 fully saturated rings. The summed E-state index contributed by atoms with van der Waals surface area (Å²) in [5.41, 5.74) is -0.721. The Morgan fingerprint density at radius 3 is 2.42 bits per heavy atom. The Morgan fingerprint density at radius 2 is 1.87 bits per heavy atom. The summed E-state index contributed by atoms with van der Waals surface area (Å²) in [5.74, 6) is -7.17. The van der Waals surface area contributed by atoms with Crippen molar-refractivity contribution in [3.8, 4) is 0 Å². The first-order valence-corrected chi connectivity index (χ1v) is 11.8. The Bertz CT molecular complexity index is 850. The van der Waals surface area contributed by atoms with Gasteiger partial charge in [0.1, 0.15) is 17.8 Å². The number of ether oxygens (including phenoxy) is 3. The summed E-state index contributed by atoms with van der Waals surface area (Å²) in [5, 5.41) is -5.19. The molecule has 2 saturated carbocycles. The number of hydrogen-bond donors (Lipinski definition) is 1. The molecule has 2 aliphatic carbocycles. The van der Waals surface area contributed by atoms with Gasteiger partial charge in [0.15, 0.2) is 5.92 Å². The van der Waals surface area contributed by atoms with Crippen LogP contribution < -0.4 is 0 Å². The lowest BCUT2D eigenvalue weighted by Crippen LogP contribution is -2.53. The summed E-state index contributed by atoms with van der Waals surface area (Å²) < 4.78 is 73.3. The molecule has 1 heterocycles. The average molecular weight is 468 g/mol. The van der Waals surface area contributed by atoms with Crippen molar-refractivity contribution in [3.63, 3.8) is 0 Å². The normalized spacial score (nSPS) is 32.8. The Balaban J connectivity index is 1.82. The minimum Gasteiger partial charge on any atom is -0.458 e. The molecule has 176 valence electrons. The van der Waals surface area contributed by atoms with Crippen molar-refractivity contribution in [1.29, 1.82) is 0 Å². The molecule has 5 atom stereocenters. The van der Waals surface area contributed by atoms with Gasteiger partial charge in [-0.05, 0) is 44.4 Å². The average Bonchev–Trinajstić information content (AvgIpc) is 2.88. The molecule has 3 aliphatic rings. The van der Waals surface area contributed by atoms with Gasteiger partial charge in [0.05, 0.1) is 0 Å². The van der Waals surface area contributed by atoms with Gasteiger partial charge in [-0.15, -0.1) is 0 Å². The van der Waals surface area contributed by atoms with E-state index in [-0.39, 0.29) is 6.42 Å². The van der Waals surface area contributed by atoms with Crippen LogP contribution in [0.3, 0.4) is 0 Å². The van der Waals surface area contributed by atoms with Crippen LogP contribution in [0.2, 0.25) is 0 Å². The summed E-state index contributed by atoms with van der Waals surface area (Å²) in [7, 11) is -6.06. The molecule has 0 aromatic heterocycles. The SMILES string of the molecule is CCC1(OC(=O)C2C(=O)OC3C(C)CC2C3OC(=O)C(F)(F)S(=O)(=O)O)CCCCC1. The highest BCUT2D eigenvalue weighted by Gasteiger charge is 2.62. The fourth-order valence-corrected chi connectivity index (χ4v) is 5.14. The smallest absolute Gasteiger partial charge is 0.458 e. The second-order valence-electron chi connectivity index (χ2n) is 8.64. The number of hydrogen-bond acceptors (Lipinski definition) is 8. The van der Waals surface area contributed by atoms with Gasteiger partial charge in [-0.2, -0.15) is 17.2 Å². The number of carbonyl (C=O) groups is 3. The third-order valence-electron chi connectivity index (χ3n) is 6.67. The van der Waals surface area contributed by atoms with Crippen molar-refractivity contribution in [3.05, 3.63) is 0 Å². The monoisotopic (exact) mass is 468 g/mol. The van der Waals surface area contributed by atoms with E-state index in [0.29, 0.717) is 19.3 Å². The second kappa shape index (κ2) is 8.27. The number of esters is 3. The minimum absolute atomic E-state index is 0.144. The standard InChI is InChI=1S/C19H26F2O9S/c1-3-18(7-5-4-6-8-18)30-16(23)12-11-9-10(2)13(28-15(12)22)14(11)29-17(24)19(20,21)31(25,26)27/h10-14H,3-9H2,1-2H3,(H,25,26,27). The zero-order valence-electron chi connectivity index (χ0n) is 17.2. The molecular formula is C19H26F2O9S. The molecule has 0 spiro atoms. The summed E-state index contributed by atoms with van der Waals surface area (Å²) in [6.07, 6.45) is 2.12. The van der Waals surface area contributed by atoms with Crippen LogP contribution >= 0.6 is 0 Å². The van der Waals surface area contributed by atoms with Crippen molar-refractivity contribution >= 4 is 28.0 Å². The van der Waals surface area contributed by atoms with Crippen molar-refractivity contribution < 1.29 is 50.3 Å². The lowest BCUT2D eigenvalue weighted by molar-refractivity contribution is -0.203. The molecule has 12 heteroatoms. The van der Waals surface area contributed by atoms with Gasteiger partial charge >= 0.3 is 33.3 Å². The number of fused-ring (bicyclic) bond motifs is 2. The first-order valence-electron chi connectivity index (χ1n) is 10.3. The molecule has 2 bridgehead atoms. The summed E-state index contributed by atoms with van der Waals surface area (Å²) in [6, 6.07) is 0. The van der Waals surface area contributed by atoms with E-state index >= 15 is 0 Å². The quantitative estimate of drug-likeness (QED) is 0.270. The highest BCUT2D eigenvalue weighted by Crippen LogP contribution is 2.46. The van der Waals surface area contributed by atoms with Crippen molar-refractivity contribution in [2.45, 2.75) is 81.9 Å². The number of carbonyl (C=O) groups excluding carboxylic acids is 3. The molecule has 3 rings (SSSR count). The van der Waals surface area contributed by atoms with Crippen LogP contribution in [-0.2, 0) is 38.7 Å². The van der Waals surface area contributed by atoms with Crippen LogP contribution in [0.1, 0.15) is 58.8 Å². The van der Waals surface area contributed by atoms with Crippen LogP contribution in [0, 0.1) is 17.8 Å². The summed E-state index contributed by atoms with van der Waals surface area (Å²) in [6.45, 7) is 3.50. The lowest BCUT2D eigenvalue weighted by Gasteiger charge is -2.39. The van der Waals surface area contributed by atoms with E-state index in [1.54, 1.807) is 6.92 Å². The van der Waals surface area contributed by atoms with E-state index in [2.05, 4.69) is 0 Å². The summed E-state index contributed by atoms with van der Waals surface area (Å²) in [4.78, 5) is 37.3. The highest BCUT2D eigenvalue weighted by atomic mass is 32.2. The Kier molecular flexibility index (Phi) is 6.36. The molecule has 31 heavy (non-hydrogen) atoms. The predicted octanol–water partition coefficient (Wildman–Crippen LogP) is 2.23. The van der Waals surface area contributed by atoms with E-state index in [4.69, 9.17) is 18.8 Å². The van der Waals surface area contributed by atoms with Gasteiger partial charge in [0, 0.05) is 5.92 Å². The molecule has 1 aliphatic heterocycles. The lowest BCUT2D eigenvalue weighted by atomic mass is 9.82. The maximum atomic E-state index is 13.7. The minimum atomic E-state index is -6.06. The van der Waals surface area contributed by atoms with Crippen LogP contribution in [0.4, 0.5) is 8.78 Å².